The Labute approximate surface area is 155 Å². The predicted molar refractivity (Wildman–Crippen MR) is 94.4 cm³/mol. The molecule has 0 aliphatic carbocycles. The third-order valence-electron chi connectivity index (χ3n) is 3.14. The van der Waals surface area contributed by atoms with E-state index in [0.717, 1.165) is 5.56 Å². The number of amides is 1. The lowest BCUT2D eigenvalue weighted by atomic mass is 10.2. The molecule has 0 atom stereocenters. The van der Waals surface area contributed by atoms with Crippen molar-refractivity contribution in [2.45, 2.75) is 6.92 Å². The Balaban J connectivity index is 1.77. The first kappa shape index (κ1) is 19.3. The second kappa shape index (κ2) is 9.43. The van der Waals surface area contributed by atoms with E-state index in [-0.39, 0.29) is 6.61 Å². The van der Waals surface area contributed by atoms with Gasteiger partial charge in [0.1, 0.15) is 18.1 Å². The smallest absolute Gasteiger partial charge is 0.277 e. The van der Waals surface area contributed by atoms with Gasteiger partial charge in [-0.15, -0.1) is 0 Å². The number of hydrazone groups is 1. The summed E-state index contributed by atoms with van der Waals surface area (Å²) in [5.41, 5.74) is 3.90. The van der Waals surface area contributed by atoms with Gasteiger partial charge in [0.25, 0.3) is 5.91 Å². The molecule has 2 aromatic rings. The molecular weight excluding hydrogens is 360 g/mol. The van der Waals surface area contributed by atoms with Gasteiger partial charge < -0.3 is 19.4 Å². The van der Waals surface area contributed by atoms with Crippen LogP contribution in [0.15, 0.2) is 47.6 Å². The molecule has 7 nitrogen and oxygen atoms in total. The maximum absolute atomic E-state index is 11.7. The highest BCUT2D eigenvalue weighted by Crippen LogP contribution is 2.20. The predicted octanol–water partition coefficient (Wildman–Crippen LogP) is 1.31. The van der Waals surface area contributed by atoms with E-state index in [4.69, 9.17) is 21.1 Å². The Morgan fingerprint density at radius 1 is 1.12 bits per heavy atom. The molecule has 2 rings (SSSR count). The van der Waals surface area contributed by atoms with Gasteiger partial charge >= 0.3 is 0 Å². The van der Waals surface area contributed by atoms with Gasteiger partial charge in [-0.05, 0) is 60.5 Å². The van der Waals surface area contributed by atoms with Crippen LogP contribution < -0.4 is 20.0 Å². The number of halogens is 1. The molecule has 0 heterocycles. The van der Waals surface area contributed by atoms with E-state index in [2.05, 4.69) is 10.5 Å². The summed E-state index contributed by atoms with van der Waals surface area (Å²) < 4.78 is 10.3. The zero-order chi connectivity index (χ0) is 18.9. The molecule has 2 aromatic carbocycles. The Kier molecular flexibility index (Phi) is 6.99. The fraction of sp³-hybridized carbons (Fsp3) is 0.167. The molecule has 0 unspecified atom stereocenters. The number of aryl methyl sites for hydroxylation is 1. The largest absolute Gasteiger partial charge is 0.546 e. The maximum Gasteiger partial charge on any atom is 0.277 e. The van der Waals surface area contributed by atoms with Gasteiger partial charge in [-0.25, -0.2) is 5.43 Å². The number of ether oxygens (including phenoxy) is 2. The number of benzene rings is 2. The highest BCUT2D eigenvalue weighted by atomic mass is 35.5. The van der Waals surface area contributed by atoms with Crippen molar-refractivity contribution in [3.8, 4) is 11.5 Å². The normalized spacial score (nSPS) is 10.5. The van der Waals surface area contributed by atoms with Gasteiger partial charge in [0.2, 0.25) is 0 Å². The lowest BCUT2D eigenvalue weighted by Gasteiger charge is -2.07. The summed E-state index contributed by atoms with van der Waals surface area (Å²) in [7, 11) is 0. The highest BCUT2D eigenvalue weighted by Gasteiger charge is 2.03. The second-order valence-electron chi connectivity index (χ2n) is 5.22. The van der Waals surface area contributed by atoms with Crippen LogP contribution in [0.2, 0.25) is 5.02 Å². The van der Waals surface area contributed by atoms with Crippen LogP contribution in [0.1, 0.15) is 11.1 Å². The number of aliphatic carboxylic acids is 1. The molecule has 136 valence electrons. The number of carbonyl (C=O) groups excluding carboxylic acids is 2. The summed E-state index contributed by atoms with van der Waals surface area (Å²) in [6, 6.07) is 11.6. The molecule has 1 N–H and O–H groups in total. The SMILES string of the molecule is Cc1cc(OCC(=O)N/N=C\c2ccc(OCC(=O)[O-])cc2)ccc1Cl. The van der Waals surface area contributed by atoms with Crippen LogP contribution in [0.25, 0.3) is 0 Å². The standard InChI is InChI=1S/C18H17ClN2O5/c1-12-8-15(6-7-16(12)19)25-10-17(22)21-20-9-13-2-4-14(5-3-13)26-11-18(23)24/h2-9H,10-11H2,1H3,(H,21,22)(H,23,24)/p-1/b20-9-. The number of carboxylic acid groups (broad SMARTS) is 1. The first-order chi connectivity index (χ1) is 12.4. The average Bonchev–Trinajstić information content (AvgIpc) is 2.62. The van der Waals surface area contributed by atoms with Gasteiger partial charge in [0, 0.05) is 5.02 Å². The molecule has 0 radical (unpaired) electrons. The highest BCUT2D eigenvalue weighted by molar-refractivity contribution is 6.31. The van der Waals surface area contributed by atoms with Crippen LogP contribution in [0.3, 0.4) is 0 Å². The number of hydrogen-bond acceptors (Lipinski definition) is 6. The minimum atomic E-state index is -1.30. The van der Waals surface area contributed by atoms with Gasteiger partial charge in [-0.3, -0.25) is 4.79 Å². The molecule has 26 heavy (non-hydrogen) atoms. The number of rotatable bonds is 8. The molecule has 0 bridgehead atoms. The topological polar surface area (TPSA) is 100 Å². The van der Waals surface area contributed by atoms with E-state index < -0.39 is 18.5 Å². The van der Waals surface area contributed by atoms with E-state index in [1.54, 1.807) is 42.5 Å². The zero-order valence-corrected chi connectivity index (χ0v) is 14.7. The van der Waals surface area contributed by atoms with Crippen molar-refractivity contribution in [1.29, 1.82) is 0 Å². The fourth-order valence-electron chi connectivity index (χ4n) is 1.86. The zero-order valence-electron chi connectivity index (χ0n) is 13.9. The molecular formula is C18H16ClN2O5-. The summed E-state index contributed by atoms with van der Waals surface area (Å²) in [5, 5.41) is 14.8. The van der Waals surface area contributed by atoms with Crippen LogP contribution in [0.4, 0.5) is 0 Å². The molecule has 0 saturated carbocycles. The molecule has 0 aliphatic rings. The fourth-order valence-corrected chi connectivity index (χ4v) is 1.98. The van der Waals surface area contributed by atoms with E-state index in [1.807, 2.05) is 6.92 Å². The second-order valence-corrected chi connectivity index (χ2v) is 5.63. The van der Waals surface area contributed by atoms with Crippen molar-refractivity contribution < 1.29 is 24.2 Å². The van der Waals surface area contributed by atoms with Crippen molar-refractivity contribution in [2.24, 2.45) is 5.10 Å². The molecule has 0 saturated heterocycles. The quantitative estimate of drug-likeness (QED) is 0.553. The molecule has 1 amide bonds. The Morgan fingerprint density at radius 2 is 1.77 bits per heavy atom. The number of carbonyl (C=O) groups is 2. The number of nitrogens with zero attached hydrogens (tertiary/aromatic N) is 1. The van der Waals surface area contributed by atoms with E-state index in [0.29, 0.717) is 22.1 Å². The molecule has 0 aliphatic heterocycles. The Morgan fingerprint density at radius 3 is 2.42 bits per heavy atom. The van der Waals surface area contributed by atoms with E-state index >= 15 is 0 Å². The summed E-state index contributed by atoms with van der Waals surface area (Å²) >= 11 is 5.92. The van der Waals surface area contributed by atoms with Crippen molar-refractivity contribution >= 4 is 29.7 Å². The maximum atomic E-state index is 11.7. The van der Waals surface area contributed by atoms with Crippen LogP contribution in [0.5, 0.6) is 11.5 Å². The third kappa shape index (κ3) is 6.45. The van der Waals surface area contributed by atoms with Crippen LogP contribution in [-0.4, -0.2) is 31.3 Å². The summed E-state index contributed by atoms with van der Waals surface area (Å²) in [6.07, 6.45) is 1.44. The summed E-state index contributed by atoms with van der Waals surface area (Å²) in [4.78, 5) is 22.0. The Hall–Kier alpha value is -3.06. The monoisotopic (exact) mass is 375 g/mol. The Bertz CT molecular complexity index is 806. The minimum Gasteiger partial charge on any atom is -0.546 e. The summed E-state index contributed by atoms with van der Waals surface area (Å²) in [5.74, 6) is -0.780. The molecule has 0 fully saturated rings. The lowest BCUT2D eigenvalue weighted by Crippen LogP contribution is -2.28. The van der Waals surface area contributed by atoms with Crippen LogP contribution >= 0.6 is 11.6 Å². The first-order valence-corrected chi connectivity index (χ1v) is 7.95. The van der Waals surface area contributed by atoms with Crippen molar-refractivity contribution in [2.75, 3.05) is 13.2 Å². The molecule has 0 aromatic heterocycles. The average molecular weight is 376 g/mol. The lowest BCUT2D eigenvalue weighted by molar-refractivity contribution is -0.307. The van der Waals surface area contributed by atoms with Crippen molar-refractivity contribution in [3.05, 3.63) is 58.6 Å². The van der Waals surface area contributed by atoms with Crippen molar-refractivity contribution in [3.63, 3.8) is 0 Å². The van der Waals surface area contributed by atoms with Crippen LogP contribution in [-0.2, 0) is 9.59 Å². The van der Waals surface area contributed by atoms with Gasteiger partial charge in [0.15, 0.2) is 6.61 Å². The first-order valence-electron chi connectivity index (χ1n) is 7.57. The van der Waals surface area contributed by atoms with Crippen molar-refractivity contribution in [1.82, 2.24) is 5.43 Å². The van der Waals surface area contributed by atoms with E-state index in [9.17, 15) is 14.7 Å². The molecule has 0 spiro atoms. The third-order valence-corrected chi connectivity index (χ3v) is 3.56. The van der Waals surface area contributed by atoms with Crippen LogP contribution in [0, 0.1) is 6.92 Å². The van der Waals surface area contributed by atoms with E-state index in [1.165, 1.54) is 6.21 Å². The minimum absolute atomic E-state index is 0.186. The molecule has 8 heteroatoms. The summed E-state index contributed by atoms with van der Waals surface area (Å²) in [6.45, 7) is 1.14. The van der Waals surface area contributed by atoms with Gasteiger partial charge in [0.05, 0.1) is 12.2 Å². The number of carboxylic acids is 1. The van der Waals surface area contributed by atoms with Gasteiger partial charge in [-0.1, -0.05) is 11.6 Å². The van der Waals surface area contributed by atoms with Gasteiger partial charge in [-0.2, -0.15) is 5.10 Å². The number of nitrogens with one attached hydrogen (secondary N) is 1. The number of hydrogen-bond donors (Lipinski definition) is 1.